The van der Waals surface area contributed by atoms with Crippen molar-refractivity contribution >= 4 is 22.7 Å². The molecule has 0 aliphatic carbocycles. The number of nitrogen functional groups attached to an aromatic ring is 2. The molecule has 11 nitrogen and oxygen atoms in total. The Hall–Kier alpha value is -2.80. The Kier molecular flexibility index (Phi) is 10.6. The van der Waals surface area contributed by atoms with Gasteiger partial charge < -0.3 is 57.1 Å². The smallest absolute Gasteiger partial charge is 0.143 e. The van der Waals surface area contributed by atoms with Crippen LogP contribution < -0.4 is 36.6 Å². The normalized spacial score (nSPS) is 23.2. The van der Waals surface area contributed by atoms with Crippen LogP contribution in [-0.2, 0) is 0 Å². The highest BCUT2D eigenvalue weighted by atomic mass is 16.5. The molecule has 2 aliphatic heterocycles. The van der Waals surface area contributed by atoms with E-state index < -0.39 is 12.2 Å². The lowest BCUT2D eigenvalue weighted by atomic mass is 10.2. The van der Waals surface area contributed by atoms with Gasteiger partial charge in [0.15, 0.2) is 0 Å². The van der Waals surface area contributed by atoms with E-state index in [4.69, 9.17) is 26.4 Å². The molecule has 0 radical (unpaired) electrons. The number of aliphatic hydroxyl groups excluding tert-OH is 4. The molecule has 2 aromatic carbocycles. The standard InChI is InChI=1S/C13H21N3O3.C13H21N3O2/c1-19-13-6-9(2-3-10(13)14)16-7-11(12(18)8-16)15-4-5-17;1-9-6-10(2-3-11(9)14)16-7-12(13(18)8-16)15-4-5-17/h2-3,6,11-12,15,17-18H,4-5,7-8,14H2,1H3;2-3,6,12-13,15,17-18H,4-5,7-8,14H2,1H3. The van der Waals surface area contributed by atoms with E-state index in [1.165, 1.54) is 0 Å². The summed E-state index contributed by atoms with van der Waals surface area (Å²) in [5.41, 5.74) is 16.1. The molecule has 37 heavy (non-hydrogen) atoms. The van der Waals surface area contributed by atoms with Crippen molar-refractivity contribution in [1.29, 1.82) is 0 Å². The van der Waals surface area contributed by atoms with Gasteiger partial charge >= 0.3 is 0 Å². The topological polar surface area (TPSA) is 173 Å². The maximum absolute atomic E-state index is 9.99. The van der Waals surface area contributed by atoms with Crippen LogP contribution in [0.2, 0.25) is 0 Å². The van der Waals surface area contributed by atoms with Crippen molar-refractivity contribution in [3.63, 3.8) is 0 Å². The average Bonchev–Trinajstić information content (AvgIpc) is 3.45. The molecule has 0 bridgehead atoms. The molecule has 0 spiro atoms. The summed E-state index contributed by atoms with van der Waals surface area (Å²) in [5.74, 6) is 0.638. The zero-order chi connectivity index (χ0) is 26.9. The molecule has 4 unspecified atom stereocenters. The molecule has 2 aliphatic rings. The Morgan fingerprint density at radius 1 is 0.811 bits per heavy atom. The molecular formula is C26H42N6O5. The van der Waals surface area contributed by atoms with E-state index in [0.29, 0.717) is 44.2 Å². The van der Waals surface area contributed by atoms with E-state index >= 15 is 0 Å². The third-order valence-corrected chi connectivity index (χ3v) is 6.82. The fourth-order valence-electron chi connectivity index (χ4n) is 4.65. The first-order valence-corrected chi connectivity index (χ1v) is 12.6. The number of β-amino-alcohol motifs (C(OH)–C–C–N with tert-alkyl or cyclic N) is 2. The van der Waals surface area contributed by atoms with E-state index in [0.717, 1.165) is 29.2 Å². The molecule has 4 atom stereocenters. The summed E-state index contributed by atoms with van der Waals surface area (Å²) in [4.78, 5) is 4.20. The summed E-state index contributed by atoms with van der Waals surface area (Å²) < 4.78 is 5.20. The van der Waals surface area contributed by atoms with Crippen LogP contribution in [0.1, 0.15) is 5.56 Å². The van der Waals surface area contributed by atoms with E-state index in [2.05, 4.69) is 20.4 Å². The highest BCUT2D eigenvalue weighted by molar-refractivity contribution is 5.63. The van der Waals surface area contributed by atoms with Crippen LogP contribution in [0.5, 0.6) is 5.75 Å². The van der Waals surface area contributed by atoms with Gasteiger partial charge in [0.1, 0.15) is 5.75 Å². The van der Waals surface area contributed by atoms with Gasteiger partial charge in [-0.05, 0) is 42.8 Å². The van der Waals surface area contributed by atoms with Crippen molar-refractivity contribution in [3.05, 3.63) is 42.0 Å². The van der Waals surface area contributed by atoms with Gasteiger partial charge in [0.05, 0.1) is 50.3 Å². The third-order valence-electron chi connectivity index (χ3n) is 6.82. The molecule has 0 saturated carbocycles. The molecule has 0 amide bonds. The fraction of sp³-hybridized carbons (Fsp3) is 0.538. The van der Waals surface area contributed by atoms with Gasteiger partial charge in [0.25, 0.3) is 0 Å². The first kappa shape index (κ1) is 28.8. The largest absolute Gasteiger partial charge is 0.495 e. The lowest BCUT2D eigenvalue weighted by Crippen LogP contribution is -2.40. The number of nitrogens with two attached hydrogens (primary N) is 2. The Bertz CT molecular complexity index is 996. The molecule has 206 valence electrons. The Morgan fingerprint density at radius 3 is 1.76 bits per heavy atom. The second-order valence-electron chi connectivity index (χ2n) is 9.48. The van der Waals surface area contributed by atoms with E-state index in [9.17, 15) is 10.2 Å². The lowest BCUT2D eigenvalue weighted by Gasteiger charge is -2.19. The molecule has 2 saturated heterocycles. The molecule has 2 heterocycles. The molecule has 0 aromatic heterocycles. The molecular weight excluding hydrogens is 476 g/mol. The minimum atomic E-state index is -0.449. The van der Waals surface area contributed by atoms with Gasteiger partial charge in [0.2, 0.25) is 0 Å². The molecule has 11 heteroatoms. The number of rotatable bonds is 9. The summed E-state index contributed by atoms with van der Waals surface area (Å²) in [5, 5.41) is 43.8. The first-order valence-electron chi connectivity index (χ1n) is 12.6. The quantitative estimate of drug-likeness (QED) is 0.194. The van der Waals surface area contributed by atoms with Crippen LogP contribution >= 0.6 is 0 Å². The number of hydrogen-bond donors (Lipinski definition) is 8. The van der Waals surface area contributed by atoms with Crippen LogP contribution in [0.4, 0.5) is 22.7 Å². The Morgan fingerprint density at radius 2 is 1.30 bits per heavy atom. The second-order valence-corrected chi connectivity index (χ2v) is 9.48. The summed E-state index contributed by atoms with van der Waals surface area (Å²) in [6.45, 7) is 5.72. The Balaban J connectivity index is 0.000000206. The number of nitrogens with zero attached hydrogens (tertiary/aromatic N) is 2. The van der Waals surface area contributed by atoms with Crippen molar-refractivity contribution in [2.45, 2.75) is 31.2 Å². The third kappa shape index (κ3) is 7.60. The summed E-state index contributed by atoms with van der Waals surface area (Å²) in [6.07, 6.45) is -0.857. The van der Waals surface area contributed by atoms with Crippen LogP contribution in [0.15, 0.2) is 36.4 Å². The highest BCUT2D eigenvalue weighted by Gasteiger charge is 2.32. The monoisotopic (exact) mass is 518 g/mol. The van der Waals surface area contributed by atoms with Gasteiger partial charge in [-0.1, -0.05) is 0 Å². The van der Waals surface area contributed by atoms with Crippen molar-refractivity contribution in [1.82, 2.24) is 10.6 Å². The number of benzene rings is 2. The summed E-state index contributed by atoms with van der Waals surface area (Å²) in [7, 11) is 1.58. The van der Waals surface area contributed by atoms with E-state index in [1.807, 2.05) is 37.3 Å². The SMILES string of the molecule is COc1cc(N2CC(O)C(NCCO)C2)ccc1N.Cc1cc(N2CC(O)C(NCCO)C2)ccc1N. The van der Waals surface area contributed by atoms with Gasteiger partial charge in [-0.25, -0.2) is 0 Å². The van der Waals surface area contributed by atoms with Gasteiger partial charge in [-0.15, -0.1) is 0 Å². The van der Waals surface area contributed by atoms with Crippen LogP contribution in [0.3, 0.4) is 0 Å². The summed E-state index contributed by atoms with van der Waals surface area (Å²) >= 11 is 0. The first-order chi connectivity index (χ1) is 17.8. The van der Waals surface area contributed by atoms with Crippen LogP contribution in [0, 0.1) is 6.92 Å². The van der Waals surface area contributed by atoms with E-state index in [-0.39, 0.29) is 25.3 Å². The summed E-state index contributed by atoms with van der Waals surface area (Å²) in [6, 6.07) is 11.5. The Labute approximate surface area is 218 Å². The van der Waals surface area contributed by atoms with Crippen LogP contribution in [-0.4, -0.2) is 104 Å². The number of aryl methyl sites for hydroxylation is 1. The minimum absolute atomic E-state index is 0.00927. The number of ether oxygens (including phenoxy) is 1. The number of anilines is 4. The van der Waals surface area contributed by atoms with Crippen molar-refractivity contribution in [2.75, 3.05) is 80.9 Å². The molecule has 10 N–H and O–H groups in total. The van der Waals surface area contributed by atoms with Crippen molar-refractivity contribution in [2.24, 2.45) is 0 Å². The highest BCUT2D eigenvalue weighted by Crippen LogP contribution is 2.29. The predicted molar refractivity (Wildman–Crippen MR) is 147 cm³/mol. The second kappa shape index (κ2) is 13.7. The van der Waals surface area contributed by atoms with Crippen molar-refractivity contribution in [3.8, 4) is 5.75 Å². The van der Waals surface area contributed by atoms with Gasteiger partial charge in [-0.3, -0.25) is 0 Å². The minimum Gasteiger partial charge on any atom is -0.495 e. The van der Waals surface area contributed by atoms with E-state index in [1.54, 1.807) is 13.2 Å². The molecule has 2 fully saturated rings. The van der Waals surface area contributed by atoms with Crippen molar-refractivity contribution < 1.29 is 25.2 Å². The number of methoxy groups -OCH3 is 1. The average molecular weight is 519 g/mol. The molecule has 2 aromatic rings. The zero-order valence-corrected chi connectivity index (χ0v) is 21.7. The lowest BCUT2D eigenvalue weighted by molar-refractivity contribution is 0.159. The number of aliphatic hydroxyl groups is 4. The predicted octanol–water partition coefficient (Wildman–Crippen LogP) is -0.883. The zero-order valence-electron chi connectivity index (χ0n) is 21.7. The molecule has 4 rings (SSSR count). The van der Waals surface area contributed by atoms with Gasteiger partial charge in [-0.2, -0.15) is 0 Å². The maximum atomic E-state index is 9.99. The van der Waals surface area contributed by atoms with Gasteiger partial charge in [0, 0.05) is 62.4 Å². The maximum Gasteiger partial charge on any atom is 0.143 e. The fourth-order valence-corrected chi connectivity index (χ4v) is 4.65. The number of hydrogen-bond acceptors (Lipinski definition) is 11. The van der Waals surface area contributed by atoms with Crippen LogP contribution in [0.25, 0.3) is 0 Å². The number of nitrogens with one attached hydrogen (secondary N) is 2.